The highest BCUT2D eigenvalue weighted by molar-refractivity contribution is 6.33. The number of halogens is 1. The lowest BCUT2D eigenvalue weighted by atomic mass is 10.2. The number of carbonyl (C=O) groups is 1. The summed E-state index contributed by atoms with van der Waals surface area (Å²) in [5, 5.41) is 3.23. The molecule has 2 aromatic rings. The maximum atomic E-state index is 11.9. The van der Waals surface area contributed by atoms with Crippen LogP contribution in [0.15, 0.2) is 42.5 Å². The van der Waals surface area contributed by atoms with Crippen LogP contribution >= 0.6 is 11.6 Å². The van der Waals surface area contributed by atoms with Crippen LogP contribution in [-0.2, 0) is 4.79 Å². The minimum atomic E-state index is -0.264. The average molecular weight is 320 g/mol. The van der Waals surface area contributed by atoms with Crippen LogP contribution in [0, 0.1) is 6.92 Å². The molecule has 0 saturated heterocycles. The number of aryl methyl sites for hydroxylation is 1. The Morgan fingerprint density at radius 1 is 1.09 bits per heavy atom. The van der Waals surface area contributed by atoms with Crippen LogP contribution in [0.2, 0.25) is 5.02 Å². The van der Waals surface area contributed by atoms with Crippen molar-refractivity contribution >= 4 is 23.2 Å². The van der Waals surface area contributed by atoms with Crippen LogP contribution in [0.1, 0.15) is 12.5 Å². The normalized spacial score (nSPS) is 10.1. The van der Waals surface area contributed by atoms with E-state index in [2.05, 4.69) is 5.32 Å². The van der Waals surface area contributed by atoms with Gasteiger partial charge in [-0.15, -0.1) is 0 Å². The first-order valence-corrected chi connectivity index (χ1v) is 7.38. The molecule has 0 aromatic heterocycles. The maximum absolute atomic E-state index is 11.9. The predicted octanol–water partition coefficient (Wildman–Crippen LogP) is 4.06. The molecule has 22 heavy (non-hydrogen) atoms. The number of anilines is 1. The Hall–Kier alpha value is -2.20. The topological polar surface area (TPSA) is 47.6 Å². The molecule has 0 heterocycles. The van der Waals surface area contributed by atoms with Gasteiger partial charge in [-0.1, -0.05) is 17.7 Å². The monoisotopic (exact) mass is 319 g/mol. The van der Waals surface area contributed by atoms with Crippen LogP contribution in [0.3, 0.4) is 0 Å². The van der Waals surface area contributed by atoms with E-state index < -0.39 is 0 Å². The largest absolute Gasteiger partial charge is 0.494 e. The molecule has 0 radical (unpaired) electrons. The number of benzene rings is 2. The molecule has 1 N–H and O–H groups in total. The van der Waals surface area contributed by atoms with Crippen molar-refractivity contribution in [1.82, 2.24) is 0 Å². The van der Waals surface area contributed by atoms with Crippen molar-refractivity contribution in [2.45, 2.75) is 13.8 Å². The highest BCUT2D eigenvalue weighted by Gasteiger charge is 2.07. The van der Waals surface area contributed by atoms with E-state index in [1.54, 1.807) is 36.4 Å². The van der Waals surface area contributed by atoms with Crippen molar-refractivity contribution in [2.75, 3.05) is 18.5 Å². The number of carbonyl (C=O) groups excluding carboxylic acids is 1. The fourth-order valence-electron chi connectivity index (χ4n) is 1.86. The van der Waals surface area contributed by atoms with Crippen LogP contribution < -0.4 is 14.8 Å². The summed E-state index contributed by atoms with van der Waals surface area (Å²) in [6.07, 6.45) is 0. The average Bonchev–Trinajstić information content (AvgIpc) is 2.50. The van der Waals surface area contributed by atoms with Crippen molar-refractivity contribution in [1.29, 1.82) is 0 Å². The highest BCUT2D eigenvalue weighted by atomic mass is 35.5. The Morgan fingerprint density at radius 3 is 2.32 bits per heavy atom. The summed E-state index contributed by atoms with van der Waals surface area (Å²) < 4.78 is 10.8. The molecule has 1 amide bonds. The van der Waals surface area contributed by atoms with Crippen molar-refractivity contribution in [3.05, 3.63) is 53.1 Å². The van der Waals surface area contributed by atoms with Crippen LogP contribution in [0.5, 0.6) is 11.5 Å². The first kappa shape index (κ1) is 16.2. The molecule has 0 unspecified atom stereocenters. The van der Waals surface area contributed by atoms with E-state index >= 15 is 0 Å². The van der Waals surface area contributed by atoms with E-state index in [9.17, 15) is 4.79 Å². The number of hydrogen-bond acceptors (Lipinski definition) is 3. The number of ether oxygens (including phenoxy) is 2. The number of amides is 1. The van der Waals surface area contributed by atoms with E-state index in [0.29, 0.717) is 23.1 Å². The van der Waals surface area contributed by atoms with E-state index in [1.807, 2.05) is 19.9 Å². The molecule has 0 saturated carbocycles. The van der Waals surface area contributed by atoms with E-state index in [-0.39, 0.29) is 12.5 Å². The highest BCUT2D eigenvalue weighted by Crippen LogP contribution is 2.22. The molecule has 0 bridgehead atoms. The molecule has 0 aliphatic rings. The molecule has 0 fully saturated rings. The molecular formula is C17H18ClNO3. The quantitative estimate of drug-likeness (QED) is 0.873. The van der Waals surface area contributed by atoms with Gasteiger partial charge in [0.05, 0.1) is 17.3 Å². The summed E-state index contributed by atoms with van der Waals surface area (Å²) in [7, 11) is 0. The molecule has 5 heteroatoms. The summed E-state index contributed by atoms with van der Waals surface area (Å²) in [5.74, 6) is 1.11. The van der Waals surface area contributed by atoms with Crippen LogP contribution in [-0.4, -0.2) is 19.1 Å². The molecule has 0 spiro atoms. The van der Waals surface area contributed by atoms with E-state index in [0.717, 1.165) is 11.3 Å². The second kappa shape index (κ2) is 7.71. The van der Waals surface area contributed by atoms with Gasteiger partial charge < -0.3 is 14.8 Å². The predicted molar refractivity (Wildman–Crippen MR) is 87.9 cm³/mol. The van der Waals surface area contributed by atoms with Gasteiger partial charge in [-0.3, -0.25) is 4.79 Å². The molecule has 4 nitrogen and oxygen atoms in total. The minimum Gasteiger partial charge on any atom is -0.494 e. The zero-order chi connectivity index (χ0) is 15.9. The first-order valence-electron chi connectivity index (χ1n) is 7.00. The molecule has 116 valence electrons. The van der Waals surface area contributed by atoms with Gasteiger partial charge in [0.2, 0.25) is 0 Å². The lowest BCUT2D eigenvalue weighted by Gasteiger charge is -2.10. The number of rotatable bonds is 6. The molecule has 2 aromatic carbocycles. The van der Waals surface area contributed by atoms with Crippen molar-refractivity contribution in [3.8, 4) is 11.5 Å². The lowest BCUT2D eigenvalue weighted by Crippen LogP contribution is -2.20. The van der Waals surface area contributed by atoms with Crippen molar-refractivity contribution in [3.63, 3.8) is 0 Å². The Kier molecular flexibility index (Phi) is 5.67. The zero-order valence-electron chi connectivity index (χ0n) is 12.6. The first-order chi connectivity index (χ1) is 10.6. The summed E-state index contributed by atoms with van der Waals surface area (Å²) >= 11 is 6.07. The van der Waals surface area contributed by atoms with E-state index in [4.69, 9.17) is 21.1 Å². The van der Waals surface area contributed by atoms with Gasteiger partial charge in [-0.2, -0.15) is 0 Å². The fourth-order valence-corrected chi connectivity index (χ4v) is 2.14. The summed E-state index contributed by atoms with van der Waals surface area (Å²) in [6, 6.07) is 12.6. The second-order valence-corrected chi connectivity index (χ2v) is 5.13. The fraction of sp³-hybridized carbons (Fsp3) is 0.235. The third kappa shape index (κ3) is 4.67. The number of nitrogens with one attached hydrogen (secondary N) is 1. The molecule has 0 aliphatic carbocycles. The Morgan fingerprint density at radius 2 is 1.73 bits per heavy atom. The van der Waals surface area contributed by atoms with Crippen LogP contribution in [0.25, 0.3) is 0 Å². The second-order valence-electron chi connectivity index (χ2n) is 4.72. The van der Waals surface area contributed by atoms with Crippen LogP contribution in [0.4, 0.5) is 5.69 Å². The van der Waals surface area contributed by atoms with Crippen molar-refractivity contribution in [2.24, 2.45) is 0 Å². The summed E-state index contributed by atoms with van der Waals surface area (Å²) in [4.78, 5) is 11.9. The standard InChI is InChI=1S/C17H18ClNO3/c1-3-21-13-5-7-14(8-6-13)22-11-17(20)19-16-9-4-12(2)10-15(16)18/h4-10H,3,11H2,1-2H3,(H,19,20). The zero-order valence-corrected chi connectivity index (χ0v) is 13.3. The van der Waals surface area contributed by atoms with E-state index in [1.165, 1.54) is 0 Å². The Bertz CT molecular complexity index is 641. The van der Waals surface area contributed by atoms with Gasteiger partial charge in [0, 0.05) is 0 Å². The molecule has 2 rings (SSSR count). The number of hydrogen-bond donors (Lipinski definition) is 1. The van der Waals surface area contributed by atoms with Gasteiger partial charge in [0.1, 0.15) is 11.5 Å². The molecule has 0 aliphatic heterocycles. The third-order valence-corrected chi connectivity index (χ3v) is 3.22. The van der Waals surface area contributed by atoms with Gasteiger partial charge in [-0.05, 0) is 55.8 Å². The molecular weight excluding hydrogens is 302 g/mol. The van der Waals surface area contributed by atoms with Gasteiger partial charge >= 0.3 is 0 Å². The minimum absolute atomic E-state index is 0.0851. The SMILES string of the molecule is CCOc1ccc(OCC(=O)Nc2ccc(C)cc2Cl)cc1. The summed E-state index contributed by atoms with van der Waals surface area (Å²) in [5.41, 5.74) is 1.61. The smallest absolute Gasteiger partial charge is 0.262 e. The third-order valence-electron chi connectivity index (χ3n) is 2.90. The lowest BCUT2D eigenvalue weighted by molar-refractivity contribution is -0.118. The molecule has 0 atom stereocenters. The van der Waals surface area contributed by atoms with Gasteiger partial charge in [0.25, 0.3) is 5.91 Å². The van der Waals surface area contributed by atoms with Gasteiger partial charge in [-0.25, -0.2) is 0 Å². The maximum Gasteiger partial charge on any atom is 0.262 e. The van der Waals surface area contributed by atoms with Gasteiger partial charge in [0.15, 0.2) is 6.61 Å². The summed E-state index contributed by atoms with van der Waals surface area (Å²) in [6.45, 7) is 4.38. The Balaban J connectivity index is 1.87. The Labute approximate surface area is 135 Å². The van der Waals surface area contributed by atoms with Crippen molar-refractivity contribution < 1.29 is 14.3 Å².